The normalized spacial score (nSPS) is 17.6. The Kier molecular flexibility index (Phi) is 5.84. The van der Waals surface area contributed by atoms with Gasteiger partial charge in [-0.2, -0.15) is 0 Å². The van der Waals surface area contributed by atoms with Crippen molar-refractivity contribution in [2.45, 2.75) is 62.3 Å². The lowest BCUT2D eigenvalue weighted by Gasteiger charge is -2.25. The number of benzene rings is 1. The molecule has 3 rings (SSSR count). The van der Waals surface area contributed by atoms with Crippen molar-refractivity contribution in [1.29, 1.82) is 0 Å². The summed E-state index contributed by atoms with van der Waals surface area (Å²) in [6.45, 7) is 16.2. The van der Waals surface area contributed by atoms with Crippen molar-refractivity contribution in [2.24, 2.45) is 16.2 Å². The summed E-state index contributed by atoms with van der Waals surface area (Å²) in [7, 11) is 0. The molecule has 0 fully saturated rings. The number of hydrogen-bond acceptors (Lipinski definition) is 5. The van der Waals surface area contributed by atoms with E-state index in [9.17, 15) is 24.0 Å². The highest BCUT2D eigenvalue weighted by atomic mass is 16.2. The summed E-state index contributed by atoms with van der Waals surface area (Å²) in [5.74, 6) is -2.29. The second kappa shape index (κ2) is 7.86. The minimum Gasteiger partial charge on any atom is -0.294 e. The largest absolute Gasteiger partial charge is 0.294 e. The highest BCUT2D eigenvalue weighted by Crippen LogP contribution is 2.38. The van der Waals surface area contributed by atoms with Crippen LogP contribution < -0.4 is 9.80 Å². The van der Waals surface area contributed by atoms with Gasteiger partial charge in [-0.25, -0.2) is 9.80 Å². The smallest absolute Gasteiger partial charge is 0.261 e. The molecule has 4 amide bonds. The van der Waals surface area contributed by atoms with E-state index < -0.39 is 39.9 Å². The number of carbonyl (C=O) groups is 5. The van der Waals surface area contributed by atoms with Gasteiger partial charge in [-0.3, -0.25) is 24.0 Å². The molecule has 0 aromatic heterocycles. The van der Waals surface area contributed by atoms with Crippen LogP contribution in [0.1, 0.15) is 72.7 Å². The van der Waals surface area contributed by atoms with Crippen LogP contribution in [0.4, 0.5) is 11.4 Å². The Morgan fingerprint density at radius 2 is 0.971 bits per heavy atom. The molecule has 0 saturated heterocycles. The molecule has 34 heavy (non-hydrogen) atoms. The van der Waals surface area contributed by atoms with Crippen LogP contribution >= 0.6 is 0 Å². The van der Waals surface area contributed by atoms with E-state index in [2.05, 4.69) is 0 Å². The fraction of sp³-hybridized carbons (Fsp3) is 0.444. The standard InChI is InChI=1S/C27H32N2O5/c1-25(2,3)18-13-20(30)28(23(18)33)16-10-15(22(32)27(7,8)9)11-17(12-16)29-21(31)14-19(24(29)34)26(4,5)6/h10-14H,1-9H3. The van der Waals surface area contributed by atoms with Gasteiger partial charge in [0, 0.05) is 34.3 Å². The lowest BCUT2D eigenvalue weighted by molar-refractivity contribution is -0.122. The molecule has 2 aliphatic rings. The van der Waals surface area contributed by atoms with Gasteiger partial charge in [-0.15, -0.1) is 0 Å². The maximum Gasteiger partial charge on any atom is 0.261 e. The predicted molar refractivity (Wildman–Crippen MR) is 130 cm³/mol. The van der Waals surface area contributed by atoms with Crippen molar-refractivity contribution < 1.29 is 24.0 Å². The number of ketones is 1. The van der Waals surface area contributed by atoms with E-state index in [4.69, 9.17) is 0 Å². The number of amides is 4. The lowest BCUT2D eigenvalue weighted by atomic mass is 9.85. The Morgan fingerprint density at radius 1 is 0.618 bits per heavy atom. The van der Waals surface area contributed by atoms with Crippen LogP contribution in [0.25, 0.3) is 0 Å². The first-order chi connectivity index (χ1) is 15.3. The van der Waals surface area contributed by atoms with Crippen LogP contribution in [0.5, 0.6) is 0 Å². The predicted octanol–water partition coefficient (Wildman–Crippen LogP) is 4.61. The molecular weight excluding hydrogens is 432 g/mol. The maximum atomic E-state index is 13.2. The molecule has 1 aromatic carbocycles. The van der Waals surface area contributed by atoms with Gasteiger partial charge < -0.3 is 0 Å². The number of nitrogens with zero attached hydrogens (tertiary/aromatic N) is 2. The minimum atomic E-state index is -0.766. The van der Waals surface area contributed by atoms with Crippen molar-refractivity contribution in [2.75, 3.05) is 9.80 Å². The number of imide groups is 2. The van der Waals surface area contributed by atoms with Gasteiger partial charge in [0.05, 0.1) is 11.4 Å². The fourth-order valence-electron chi connectivity index (χ4n) is 3.92. The average molecular weight is 465 g/mol. The molecule has 2 aliphatic heterocycles. The van der Waals surface area contributed by atoms with Crippen LogP contribution in [0.3, 0.4) is 0 Å². The average Bonchev–Trinajstić information content (AvgIpc) is 3.14. The molecular formula is C27H32N2O5. The first kappa shape index (κ1) is 25.3. The number of hydrogen-bond donors (Lipinski definition) is 0. The number of carbonyl (C=O) groups excluding carboxylic acids is 5. The van der Waals surface area contributed by atoms with Crippen molar-refractivity contribution in [1.82, 2.24) is 0 Å². The molecule has 0 saturated carbocycles. The third kappa shape index (κ3) is 4.39. The van der Waals surface area contributed by atoms with Crippen molar-refractivity contribution in [3.8, 4) is 0 Å². The summed E-state index contributed by atoms with van der Waals surface area (Å²) in [4.78, 5) is 67.2. The van der Waals surface area contributed by atoms with Crippen LogP contribution in [0.2, 0.25) is 0 Å². The van der Waals surface area contributed by atoms with Gasteiger partial charge in [0.25, 0.3) is 23.6 Å². The van der Waals surface area contributed by atoms with E-state index in [0.29, 0.717) is 11.1 Å². The van der Waals surface area contributed by atoms with Crippen LogP contribution in [0, 0.1) is 16.2 Å². The van der Waals surface area contributed by atoms with Gasteiger partial charge >= 0.3 is 0 Å². The molecule has 180 valence electrons. The van der Waals surface area contributed by atoms with Gasteiger partial charge in [-0.05, 0) is 29.0 Å². The monoisotopic (exact) mass is 464 g/mol. The second-order valence-electron chi connectivity index (χ2n) is 11.9. The molecule has 0 spiro atoms. The summed E-state index contributed by atoms with van der Waals surface area (Å²) in [5.41, 5.74) is -0.716. The van der Waals surface area contributed by atoms with Crippen molar-refractivity contribution >= 4 is 40.8 Å². The SMILES string of the molecule is CC(C)(C)C(=O)c1cc(N2C(=O)C=C(C(C)(C)C)C2=O)cc(N2C(=O)C=C(C(C)(C)C)C2=O)c1. The quantitative estimate of drug-likeness (QED) is 0.481. The van der Waals surface area contributed by atoms with Crippen molar-refractivity contribution in [3.63, 3.8) is 0 Å². The summed E-state index contributed by atoms with van der Waals surface area (Å²) in [6.07, 6.45) is 2.59. The third-order valence-electron chi connectivity index (χ3n) is 5.82. The topological polar surface area (TPSA) is 91.8 Å². The first-order valence-corrected chi connectivity index (χ1v) is 11.2. The molecule has 0 bridgehead atoms. The Hall–Kier alpha value is -3.35. The van der Waals surface area contributed by atoms with E-state index in [-0.39, 0.29) is 22.7 Å². The molecule has 0 radical (unpaired) electrons. The maximum absolute atomic E-state index is 13.2. The summed E-state index contributed by atoms with van der Waals surface area (Å²) in [6, 6.07) is 4.37. The first-order valence-electron chi connectivity index (χ1n) is 11.2. The molecule has 1 aromatic rings. The molecule has 0 aliphatic carbocycles. The fourth-order valence-corrected chi connectivity index (χ4v) is 3.92. The van der Waals surface area contributed by atoms with E-state index in [1.165, 1.54) is 30.4 Å². The number of rotatable bonds is 3. The zero-order chi connectivity index (χ0) is 26.0. The Bertz CT molecular complexity index is 1120. The van der Waals surface area contributed by atoms with Gasteiger partial charge in [0.2, 0.25) is 0 Å². The molecule has 0 N–H and O–H groups in total. The molecule has 0 atom stereocenters. The van der Waals surface area contributed by atoms with Crippen LogP contribution in [0.15, 0.2) is 41.5 Å². The van der Waals surface area contributed by atoms with Crippen LogP contribution in [-0.4, -0.2) is 29.4 Å². The van der Waals surface area contributed by atoms with E-state index >= 15 is 0 Å². The zero-order valence-electron chi connectivity index (χ0n) is 21.3. The molecule has 7 heteroatoms. The zero-order valence-corrected chi connectivity index (χ0v) is 21.3. The minimum absolute atomic E-state index is 0.139. The highest BCUT2D eigenvalue weighted by molar-refractivity contribution is 6.33. The number of anilines is 2. The Balaban J connectivity index is 2.17. The Labute approximate surface area is 200 Å². The van der Waals surface area contributed by atoms with Gasteiger partial charge in [-0.1, -0.05) is 62.3 Å². The molecule has 2 heterocycles. The Morgan fingerprint density at radius 3 is 1.24 bits per heavy atom. The number of Topliss-reactive ketones (excluding diaryl/α,β-unsaturated/α-hetero) is 1. The summed E-state index contributed by atoms with van der Waals surface area (Å²) >= 11 is 0. The van der Waals surface area contributed by atoms with Crippen LogP contribution in [-0.2, 0) is 19.2 Å². The van der Waals surface area contributed by atoms with E-state index in [1.807, 2.05) is 41.5 Å². The molecule has 7 nitrogen and oxygen atoms in total. The van der Waals surface area contributed by atoms with Gasteiger partial charge in [0.15, 0.2) is 5.78 Å². The second-order valence-corrected chi connectivity index (χ2v) is 11.9. The van der Waals surface area contributed by atoms with Crippen molar-refractivity contribution in [3.05, 3.63) is 47.1 Å². The summed E-state index contributed by atoms with van der Waals surface area (Å²) in [5, 5.41) is 0. The van der Waals surface area contributed by atoms with Gasteiger partial charge in [0.1, 0.15) is 0 Å². The summed E-state index contributed by atoms with van der Waals surface area (Å²) < 4.78 is 0. The van der Waals surface area contributed by atoms with E-state index in [0.717, 1.165) is 9.80 Å². The lowest BCUT2D eigenvalue weighted by Crippen LogP contribution is -2.35. The third-order valence-corrected chi connectivity index (χ3v) is 5.82. The molecule has 0 unspecified atom stereocenters. The highest BCUT2D eigenvalue weighted by Gasteiger charge is 2.41. The van der Waals surface area contributed by atoms with E-state index in [1.54, 1.807) is 20.8 Å².